The van der Waals surface area contributed by atoms with Crippen LogP contribution < -0.4 is 10.6 Å². The van der Waals surface area contributed by atoms with Crippen LogP contribution in [-0.4, -0.2) is 64.1 Å². The molecule has 3 N–H and O–H groups in total. The molecule has 3 amide bonds. The number of likely N-dealkylation sites (tertiary alicyclic amines) is 1. The maximum atomic E-state index is 12.9. The van der Waals surface area contributed by atoms with E-state index in [1.54, 1.807) is 7.11 Å². The van der Waals surface area contributed by atoms with Gasteiger partial charge in [0.25, 0.3) is 5.91 Å². The molecule has 9 heteroatoms. The maximum Gasteiger partial charge on any atom is 0.323 e. The average molecular weight is 364 g/mol. The number of aromatic nitrogens is 3. The lowest BCUT2D eigenvalue weighted by atomic mass is 9.87. The van der Waals surface area contributed by atoms with Crippen molar-refractivity contribution >= 4 is 17.8 Å². The Morgan fingerprint density at radius 3 is 2.81 bits per heavy atom. The first-order valence-electron chi connectivity index (χ1n) is 9.24. The van der Waals surface area contributed by atoms with Crippen LogP contribution in [0.4, 0.5) is 10.6 Å². The molecular weight excluding hydrogens is 336 g/mol. The summed E-state index contributed by atoms with van der Waals surface area (Å²) in [6, 6.07) is -0.0590. The van der Waals surface area contributed by atoms with E-state index in [2.05, 4.69) is 39.9 Å². The number of nitrogens with zero attached hydrogens (tertiary/aromatic N) is 3. The summed E-state index contributed by atoms with van der Waals surface area (Å²) in [6.45, 7) is 5.43. The molecule has 0 spiro atoms. The van der Waals surface area contributed by atoms with E-state index in [0.717, 1.165) is 32.1 Å². The van der Waals surface area contributed by atoms with Gasteiger partial charge < -0.3 is 15.0 Å². The van der Waals surface area contributed by atoms with E-state index in [9.17, 15) is 9.59 Å². The molecule has 1 saturated heterocycles. The van der Waals surface area contributed by atoms with E-state index in [-0.39, 0.29) is 35.0 Å². The van der Waals surface area contributed by atoms with E-state index >= 15 is 0 Å². The van der Waals surface area contributed by atoms with E-state index in [0.29, 0.717) is 19.1 Å². The molecule has 144 valence electrons. The number of carbonyl (C=O) groups is 2. The number of rotatable bonds is 7. The van der Waals surface area contributed by atoms with Gasteiger partial charge in [-0.15, -0.1) is 10.2 Å². The molecule has 2 fully saturated rings. The topological polar surface area (TPSA) is 112 Å². The zero-order valence-electron chi connectivity index (χ0n) is 15.7. The van der Waals surface area contributed by atoms with Crippen molar-refractivity contribution in [1.29, 1.82) is 0 Å². The quantitative estimate of drug-likeness (QED) is 0.682. The first kappa shape index (κ1) is 18.6. The Morgan fingerprint density at radius 1 is 1.38 bits per heavy atom. The van der Waals surface area contributed by atoms with Crippen LogP contribution in [-0.2, 0) is 4.74 Å². The van der Waals surface area contributed by atoms with Crippen LogP contribution in [0.3, 0.4) is 0 Å². The molecule has 0 radical (unpaired) electrons. The molecule has 9 nitrogen and oxygen atoms in total. The lowest BCUT2D eigenvalue weighted by molar-refractivity contribution is 0.0463. The summed E-state index contributed by atoms with van der Waals surface area (Å²) in [7, 11) is 1.66. The van der Waals surface area contributed by atoms with Crippen molar-refractivity contribution in [1.82, 2.24) is 25.6 Å². The zero-order chi connectivity index (χ0) is 18.7. The summed E-state index contributed by atoms with van der Waals surface area (Å²) in [4.78, 5) is 27.0. The summed E-state index contributed by atoms with van der Waals surface area (Å²) in [6.07, 6.45) is 4.65. The third kappa shape index (κ3) is 3.98. The number of amides is 3. The number of hydrogen-bond acceptors (Lipinski definition) is 5. The Hall–Kier alpha value is -2.16. The number of urea groups is 1. The van der Waals surface area contributed by atoms with Gasteiger partial charge in [-0.25, -0.2) is 4.79 Å². The highest BCUT2D eigenvalue weighted by Gasteiger charge is 2.44. The number of nitrogens with one attached hydrogen (secondary N) is 3. The zero-order valence-corrected chi connectivity index (χ0v) is 15.7. The van der Waals surface area contributed by atoms with Crippen molar-refractivity contribution in [3.8, 4) is 0 Å². The van der Waals surface area contributed by atoms with Crippen LogP contribution in [0.15, 0.2) is 0 Å². The number of carbonyl (C=O) groups excluding carboxylic acids is 2. The molecule has 26 heavy (non-hydrogen) atoms. The Morgan fingerprint density at radius 2 is 2.15 bits per heavy atom. The Bertz CT molecular complexity index is 657. The van der Waals surface area contributed by atoms with Crippen LogP contribution >= 0.6 is 0 Å². The fourth-order valence-corrected chi connectivity index (χ4v) is 3.83. The van der Waals surface area contributed by atoms with Crippen molar-refractivity contribution in [3.63, 3.8) is 0 Å². The summed E-state index contributed by atoms with van der Waals surface area (Å²) >= 11 is 0. The molecule has 1 aliphatic carbocycles. The molecule has 1 unspecified atom stereocenters. The highest BCUT2D eigenvalue weighted by Crippen LogP contribution is 2.36. The summed E-state index contributed by atoms with van der Waals surface area (Å²) in [5, 5.41) is 15.9. The third-order valence-electron chi connectivity index (χ3n) is 4.94. The maximum absolute atomic E-state index is 12.9. The van der Waals surface area contributed by atoms with Crippen LogP contribution in [0.1, 0.15) is 56.4 Å². The fourth-order valence-electron chi connectivity index (χ4n) is 3.83. The molecule has 3 rings (SSSR count). The number of hydrogen-bond donors (Lipinski definition) is 3. The SMILES string of the molecule is COCC1(CC(C)C)CCCN1C(=O)Nc1n[nH]nc1C(=O)NC1CC1. The predicted octanol–water partition coefficient (Wildman–Crippen LogP) is 1.76. The molecule has 0 aromatic carbocycles. The van der Waals surface area contributed by atoms with Crippen LogP contribution in [0.25, 0.3) is 0 Å². The minimum atomic E-state index is -0.326. The third-order valence-corrected chi connectivity index (χ3v) is 4.94. The van der Waals surface area contributed by atoms with Crippen molar-refractivity contribution in [2.45, 2.75) is 57.5 Å². The number of anilines is 1. The normalized spacial score (nSPS) is 22.7. The predicted molar refractivity (Wildman–Crippen MR) is 95.9 cm³/mol. The van der Waals surface area contributed by atoms with Crippen molar-refractivity contribution in [2.75, 3.05) is 25.6 Å². The smallest absolute Gasteiger partial charge is 0.323 e. The number of methoxy groups -OCH3 is 1. The van der Waals surface area contributed by atoms with Crippen molar-refractivity contribution in [3.05, 3.63) is 5.69 Å². The lowest BCUT2D eigenvalue weighted by Crippen LogP contribution is -2.52. The molecule has 0 bridgehead atoms. The molecule has 1 aliphatic heterocycles. The summed E-state index contributed by atoms with van der Waals surface area (Å²) in [5.41, 5.74) is -0.210. The monoisotopic (exact) mass is 364 g/mol. The van der Waals surface area contributed by atoms with Gasteiger partial charge in [0.05, 0.1) is 12.1 Å². The highest BCUT2D eigenvalue weighted by molar-refractivity contribution is 6.01. The minimum absolute atomic E-state index is 0.116. The van der Waals surface area contributed by atoms with Gasteiger partial charge in [0.15, 0.2) is 11.5 Å². The molecule has 1 aromatic heterocycles. The van der Waals surface area contributed by atoms with Gasteiger partial charge in [0.2, 0.25) is 0 Å². The second-order valence-electron chi connectivity index (χ2n) is 7.71. The van der Waals surface area contributed by atoms with Crippen LogP contribution in [0.2, 0.25) is 0 Å². The molecule has 1 saturated carbocycles. The van der Waals surface area contributed by atoms with Gasteiger partial charge in [-0.1, -0.05) is 13.8 Å². The number of H-pyrrole nitrogens is 1. The van der Waals surface area contributed by atoms with E-state index in [1.807, 2.05) is 4.90 Å². The molecular formula is C17H28N6O3. The highest BCUT2D eigenvalue weighted by atomic mass is 16.5. The second kappa shape index (κ2) is 7.61. The van der Waals surface area contributed by atoms with Crippen LogP contribution in [0, 0.1) is 5.92 Å². The van der Waals surface area contributed by atoms with E-state index in [4.69, 9.17) is 4.74 Å². The lowest BCUT2D eigenvalue weighted by Gasteiger charge is -2.39. The average Bonchev–Trinajstić information content (AvgIpc) is 3.10. The molecule has 2 heterocycles. The standard InChI is InChI=1S/C17H28N6O3/c1-11(2)9-17(10-26-3)7-4-8-23(17)16(25)19-14-13(20-22-21-14)15(24)18-12-5-6-12/h11-12H,4-10H2,1-3H3,(H,18,24)(H2,19,20,21,22,25). The van der Waals surface area contributed by atoms with Crippen molar-refractivity contribution < 1.29 is 14.3 Å². The minimum Gasteiger partial charge on any atom is -0.382 e. The molecule has 1 atom stereocenters. The van der Waals surface area contributed by atoms with Gasteiger partial charge in [0.1, 0.15) is 0 Å². The summed E-state index contributed by atoms with van der Waals surface area (Å²) in [5.74, 6) is 0.282. The fraction of sp³-hybridized carbons (Fsp3) is 0.765. The summed E-state index contributed by atoms with van der Waals surface area (Å²) < 4.78 is 5.44. The van der Waals surface area contributed by atoms with E-state index < -0.39 is 0 Å². The van der Waals surface area contributed by atoms with Crippen LogP contribution in [0.5, 0.6) is 0 Å². The first-order valence-corrected chi connectivity index (χ1v) is 9.24. The van der Waals surface area contributed by atoms with Gasteiger partial charge in [0, 0.05) is 19.7 Å². The van der Waals surface area contributed by atoms with Gasteiger partial charge in [-0.3, -0.25) is 10.1 Å². The van der Waals surface area contributed by atoms with Gasteiger partial charge in [-0.05, 0) is 38.0 Å². The van der Waals surface area contributed by atoms with E-state index in [1.165, 1.54) is 0 Å². The number of ether oxygens (including phenoxy) is 1. The Balaban J connectivity index is 1.72. The first-order chi connectivity index (χ1) is 12.4. The van der Waals surface area contributed by atoms with Gasteiger partial charge >= 0.3 is 6.03 Å². The van der Waals surface area contributed by atoms with Crippen molar-refractivity contribution in [2.24, 2.45) is 5.92 Å². The Kier molecular flexibility index (Phi) is 5.45. The second-order valence-corrected chi connectivity index (χ2v) is 7.71. The van der Waals surface area contributed by atoms with Gasteiger partial charge in [-0.2, -0.15) is 5.21 Å². The largest absolute Gasteiger partial charge is 0.382 e. The molecule has 2 aliphatic rings. The molecule has 1 aromatic rings. The number of aromatic amines is 1. The Labute approximate surface area is 153 Å².